The lowest BCUT2D eigenvalue weighted by Crippen LogP contribution is -2.34. The standard InChI is InChI=1S/C14H20Cl2N2O2/c1-4-18(5-2)7-6-17-14(19)10-8-11(15)13(20-3)12(16)9-10/h8-9H,4-7H2,1-3H3,(H,17,19). The number of methoxy groups -OCH3 is 1. The molecule has 0 atom stereocenters. The predicted octanol–water partition coefficient (Wildman–Crippen LogP) is 3.07. The second-order valence-corrected chi connectivity index (χ2v) is 5.07. The lowest BCUT2D eigenvalue weighted by atomic mass is 10.2. The number of amides is 1. The molecule has 1 amide bonds. The summed E-state index contributed by atoms with van der Waals surface area (Å²) in [4.78, 5) is 14.2. The van der Waals surface area contributed by atoms with E-state index in [1.807, 2.05) is 0 Å². The monoisotopic (exact) mass is 318 g/mol. The number of carbonyl (C=O) groups excluding carboxylic acids is 1. The van der Waals surface area contributed by atoms with E-state index >= 15 is 0 Å². The predicted molar refractivity (Wildman–Crippen MR) is 83.1 cm³/mol. The van der Waals surface area contributed by atoms with Gasteiger partial charge in [-0.15, -0.1) is 0 Å². The van der Waals surface area contributed by atoms with Crippen molar-refractivity contribution in [2.45, 2.75) is 13.8 Å². The second kappa shape index (κ2) is 8.35. The minimum Gasteiger partial charge on any atom is -0.494 e. The van der Waals surface area contributed by atoms with E-state index in [1.54, 1.807) is 12.1 Å². The molecule has 0 radical (unpaired) electrons. The van der Waals surface area contributed by atoms with Gasteiger partial charge >= 0.3 is 0 Å². The van der Waals surface area contributed by atoms with Gasteiger partial charge in [-0.1, -0.05) is 37.0 Å². The third-order valence-electron chi connectivity index (χ3n) is 3.07. The summed E-state index contributed by atoms with van der Waals surface area (Å²) in [6.07, 6.45) is 0. The molecule has 0 bridgehead atoms. The van der Waals surface area contributed by atoms with Crippen LogP contribution in [0, 0.1) is 0 Å². The van der Waals surface area contributed by atoms with Crippen LogP contribution in [0.3, 0.4) is 0 Å². The highest BCUT2D eigenvalue weighted by molar-refractivity contribution is 6.37. The topological polar surface area (TPSA) is 41.6 Å². The van der Waals surface area contributed by atoms with Crippen LogP contribution >= 0.6 is 23.2 Å². The minimum absolute atomic E-state index is 0.191. The van der Waals surface area contributed by atoms with Crippen molar-refractivity contribution in [1.82, 2.24) is 10.2 Å². The Morgan fingerprint density at radius 3 is 2.25 bits per heavy atom. The highest BCUT2D eigenvalue weighted by Gasteiger charge is 2.13. The van der Waals surface area contributed by atoms with Crippen LogP contribution in [-0.2, 0) is 0 Å². The van der Waals surface area contributed by atoms with Crippen LogP contribution in [0.15, 0.2) is 12.1 Å². The molecule has 0 heterocycles. The first-order valence-electron chi connectivity index (χ1n) is 6.57. The molecule has 0 aliphatic heterocycles. The van der Waals surface area contributed by atoms with Crippen molar-refractivity contribution in [3.63, 3.8) is 0 Å². The van der Waals surface area contributed by atoms with E-state index in [-0.39, 0.29) is 5.91 Å². The number of rotatable bonds is 7. The van der Waals surface area contributed by atoms with Gasteiger partial charge in [0.2, 0.25) is 0 Å². The zero-order valence-electron chi connectivity index (χ0n) is 12.0. The van der Waals surface area contributed by atoms with Gasteiger partial charge in [0.15, 0.2) is 5.75 Å². The van der Waals surface area contributed by atoms with Crippen molar-refractivity contribution < 1.29 is 9.53 Å². The van der Waals surface area contributed by atoms with E-state index in [4.69, 9.17) is 27.9 Å². The molecule has 6 heteroatoms. The zero-order valence-corrected chi connectivity index (χ0v) is 13.5. The molecular weight excluding hydrogens is 299 g/mol. The summed E-state index contributed by atoms with van der Waals surface area (Å²) in [5.41, 5.74) is 0.431. The van der Waals surface area contributed by atoms with Crippen molar-refractivity contribution in [3.05, 3.63) is 27.7 Å². The fraction of sp³-hybridized carbons (Fsp3) is 0.500. The largest absolute Gasteiger partial charge is 0.494 e. The van der Waals surface area contributed by atoms with Crippen molar-refractivity contribution in [2.75, 3.05) is 33.3 Å². The Labute approximate surface area is 130 Å². The average molecular weight is 319 g/mol. The van der Waals surface area contributed by atoms with Crippen molar-refractivity contribution >= 4 is 29.1 Å². The van der Waals surface area contributed by atoms with Crippen molar-refractivity contribution in [1.29, 1.82) is 0 Å². The maximum atomic E-state index is 12.0. The number of hydrogen-bond acceptors (Lipinski definition) is 3. The number of nitrogens with zero attached hydrogens (tertiary/aromatic N) is 1. The van der Waals surface area contributed by atoms with E-state index in [2.05, 4.69) is 24.1 Å². The van der Waals surface area contributed by atoms with Gasteiger partial charge in [0, 0.05) is 18.7 Å². The van der Waals surface area contributed by atoms with Gasteiger partial charge in [0.25, 0.3) is 5.91 Å². The summed E-state index contributed by atoms with van der Waals surface area (Å²) in [7, 11) is 1.48. The number of carbonyl (C=O) groups is 1. The highest BCUT2D eigenvalue weighted by Crippen LogP contribution is 2.33. The van der Waals surface area contributed by atoms with E-state index in [0.29, 0.717) is 27.9 Å². The lowest BCUT2D eigenvalue weighted by Gasteiger charge is -2.18. The third kappa shape index (κ3) is 4.54. The Balaban J connectivity index is 2.64. The number of halogens is 2. The van der Waals surface area contributed by atoms with Gasteiger partial charge in [0.1, 0.15) is 0 Å². The number of ether oxygens (including phenoxy) is 1. The Morgan fingerprint density at radius 2 is 1.80 bits per heavy atom. The van der Waals surface area contributed by atoms with E-state index in [0.717, 1.165) is 19.6 Å². The molecule has 1 aromatic carbocycles. The fourth-order valence-electron chi connectivity index (χ4n) is 1.86. The summed E-state index contributed by atoms with van der Waals surface area (Å²) in [5, 5.41) is 3.51. The van der Waals surface area contributed by atoms with Crippen LogP contribution in [-0.4, -0.2) is 44.1 Å². The molecule has 1 rings (SSSR count). The van der Waals surface area contributed by atoms with Gasteiger partial charge in [-0.05, 0) is 25.2 Å². The number of nitrogens with one attached hydrogen (secondary N) is 1. The second-order valence-electron chi connectivity index (χ2n) is 4.26. The van der Waals surface area contributed by atoms with Crippen LogP contribution in [0.2, 0.25) is 10.0 Å². The Bertz CT molecular complexity index is 439. The molecule has 1 aromatic rings. The molecule has 0 fully saturated rings. The first-order valence-corrected chi connectivity index (χ1v) is 7.32. The van der Waals surface area contributed by atoms with Crippen LogP contribution in [0.1, 0.15) is 24.2 Å². The first-order chi connectivity index (χ1) is 9.53. The van der Waals surface area contributed by atoms with Gasteiger partial charge in [0.05, 0.1) is 17.2 Å². The number of hydrogen-bond donors (Lipinski definition) is 1. The highest BCUT2D eigenvalue weighted by atomic mass is 35.5. The fourth-order valence-corrected chi connectivity index (χ4v) is 2.50. The molecule has 0 aliphatic carbocycles. The third-order valence-corrected chi connectivity index (χ3v) is 3.63. The van der Waals surface area contributed by atoms with E-state index in [9.17, 15) is 4.79 Å². The minimum atomic E-state index is -0.191. The van der Waals surface area contributed by atoms with Crippen molar-refractivity contribution in [2.24, 2.45) is 0 Å². The quantitative estimate of drug-likeness (QED) is 0.840. The molecule has 0 aromatic heterocycles. The van der Waals surface area contributed by atoms with Gasteiger partial charge in [-0.25, -0.2) is 0 Å². The summed E-state index contributed by atoms with van der Waals surface area (Å²) in [6, 6.07) is 3.11. The molecule has 0 unspecified atom stereocenters. The van der Waals surface area contributed by atoms with Crippen LogP contribution in [0.5, 0.6) is 5.75 Å². The van der Waals surface area contributed by atoms with Crippen LogP contribution in [0.25, 0.3) is 0 Å². The summed E-state index contributed by atoms with van der Waals surface area (Å²) < 4.78 is 5.05. The smallest absolute Gasteiger partial charge is 0.251 e. The van der Waals surface area contributed by atoms with Crippen LogP contribution in [0.4, 0.5) is 0 Å². The Morgan fingerprint density at radius 1 is 1.25 bits per heavy atom. The van der Waals surface area contributed by atoms with Gasteiger partial charge < -0.3 is 15.0 Å². The zero-order chi connectivity index (χ0) is 15.1. The molecule has 0 aliphatic rings. The van der Waals surface area contributed by atoms with Crippen LogP contribution < -0.4 is 10.1 Å². The molecule has 112 valence electrons. The molecule has 0 spiro atoms. The summed E-state index contributed by atoms with van der Waals surface area (Å²) in [5.74, 6) is 0.191. The number of likely N-dealkylation sites (N-methyl/N-ethyl adjacent to an activating group) is 1. The maximum absolute atomic E-state index is 12.0. The summed E-state index contributed by atoms with van der Waals surface area (Å²) in [6.45, 7) is 7.51. The molecule has 1 N–H and O–H groups in total. The molecular formula is C14H20Cl2N2O2. The summed E-state index contributed by atoms with van der Waals surface area (Å²) >= 11 is 12.0. The Kier molecular flexibility index (Phi) is 7.13. The normalized spacial score (nSPS) is 10.7. The maximum Gasteiger partial charge on any atom is 0.251 e. The Hall–Kier alpha value is -0.970. The average Bonchev–Trinajstić information content (AvgIpc) is 2.43. The molecule has 0 saturated carbocycles. The van der Waals surface area contributed by atoms with Gasteiger partial charge in [-0.3, -0.25) is 4.79 Å². The molecule has 20 heavy (non-hydrogen) atoms. The lowest BCUT2D eigenvalue weighted by molar-refractivity contribution is 0.0949. The SMILES string of the molecule is CCN(CC)CCNC(=O)c1cc(Cl)c(OC)c(Cl)c1. The molecule has 0 saturated heterocycles. The van der Waals surface area contributed by atoms with Crippen molar-refractivity contribution in [3.8, 4) is 5.75 Å². The van der Waals surface area contributed by atoms with Gasteiger partial charge in [-0.2, -0.15) is 0 Å². The molecule has 4 nitrogen and oxygen atoms in total. The van der Waals surface area contributed by atoms with E-state index < -0.39 is 0 Å². The first kappa shape index (κ1) is 17.1. The number of benzene rings is 1. The van der Waals surface area contributed by atoms with E-state index in [1.165, 1.54) is 7.11 Å².